The number of anilines is 1. The summed E-state index contributed by atoms with van der Waals surface area (Å²) in [6.07, 6.45) is 0.0576. The second-order valence-corrected chi connectivity index (χ2v) is 6.38. The van der Waals surface area contributed by atoms with Crippen molar-refractivity contribution in [3.05, 3.63) is 34.1 Å². The fourth-order valence-corrected chi connectivity index (χ4v) is 3.42. The number of aldehydes is 1. The van der Waals surface area contributed by atoms with Gasteiger partial charge >= 0.3 is 0 Å². The lowest BCUT2D eigenvalue weighted by atomic mass is 10.2. The van der Waals surface area contributed by atoms with Gasteiger partial charge in [-0.1, -0.05) is 28.1 Å². The smallest absolute Gasteiger partial charge is 0.188 e. The molecule has 1 aromatic carbocycles. The average molecular weight is 369 g/mol. The van der Waals surface area contributed by atoms with Crippen LogP contribution in [0.3, 0.4) is 0 Å². The third kappa shape index (κ3) is 2.87. The highest BCUT2D eigenvalue weighted by atomic mass is 79.9. The van der Waals surface area contributed by atoms with Crippen molar-refractivity contribution in [2.75, 3.05) is 18.1 Å². The standard InChI is InChI=1S/C14H13BrN2O3S/c15-10-3-1-9(2-4-10)12-8-21-14(16-12)17-11(5-18)7-20-13(17)6-19/h1-4,6,8,11,13,18H,5,7H2/t11-,13?/m1/s1. The first-order valence-electron chi connectivity index (χ1n) is 6.40. The number of hydrogen-bond donors (Lipinski definition) is 1. The molecule has 0 spiro atoms. The number of rotatable bonds is 4. The summed E-state index contributed by atoms with van der Waals surface area (Å²) >= 11 is 4.84. The Bertz CT molecular complexity index is 631. The van der Waals surface area contributed by atoms with E-state index in [0.29, 0.717) is 11.7 Å². The molecule has 0 aliphatic carbocycles. The van der Waals surface area contributed by atoms with Gasteiger partial charge in [-0.05, 0) is 12.1 Å². The van der Waals surface area contributed by atoms with Crippen molar-refractivity contribution >= 4 is 38.7 Å². The van der Waals surface area contributed by atoms with Gasteiger partial charge in [0.2, 0.25) is 0 Å². The maximum absolute atomic E-state index is 11.1. The number of aliphatic hydroxyl groups is 1. The van der Waals surface area contributed by atoms with Gasteiger partial charge in [0.25, 0.3) is 0 Å². The first kappa shape index (κ1) is 14.6. The molecule has 1 aliphatic rings. The zero-order valence-corrected chi connectivity index (χ0v) is 13.4. The first-order chi connectivity index (χ1) is 10.2. The van der Waals surface area contributed by atoms with E-state index in [0.717, 1.165) is 22.0 Å². The number of carbonyl (C=O) groups excluding carboxylic acids is 1. The van der Waals surface area contributed by atoms with Gasteiger partial charge in [0, 0.05) is 15.4 Å². The zero-order chi connectivity index (χ0) is 14.8. The van der Waals surface area contributed by atoms with E-state index < -0.39 is 6.23 Å². The number of carbonyl (C=O) groups is 1. The van der Waals surface area contributed by atoms with Gasteiger partial charge in [-0.25, -0.2) is 4.98 Å². The number of aliphatic hydroxyl groups excluding tert-OH is 1. The normalized spacial score (nSPS) is 21.7. The molecule has 1 fully saturated rings. The number of ether oxygens (including phenoxy) is 1. The SMILES string of the molecule is O=CC1OC[C@@H](CO)N1c1nc(-c2ccc(Br)cc2)cs1. The molecule has 1 saturated heterocycles. The average Bonchev–Trinajstić information content (AvgIpc) is 3.13. The van der Waals surface area contributed by atoms with Crippen molar-refractivity contribution in [2.45, 2.75) is 12.3 Å². The van der Waals surface area contributed by atoms with E-state index in [1.54, 1.807) is 4.90 Å². The fourth-order valence-electron chi connectivity index (χ4n) is 2.22. The third-order valence-corrected chi connectivity index (χ3v) is 4.69. The Morgan fingerprint density at radius 2 is 2.24 bits per heavy atom. The summed E-state index contributed by atoms with van der Waals surface area (Å²) in [4.78, 5) is 17.4. The van der Waals surface area contributed by atoms with Crippen LogP contribution in [0.5, 0.6) is 0 Å². The summed E-state index contributed by atoms with van der Waals surface area (Å²) in [5.74, 6) is 0. The van der Waals surface area contributed by atoms with Gasteiger partial charge in [0.15, 0.2) is 17.6 Å². The number of aromatic nitrogens is 1. The van der Waals surface area contributed by atoms with E-state index in [4.69, 9.17) is 4.74 Å². The molecule has 0 saturated carbocycles. The van der Waals surface area contributed by atoms with Gasteiger partial charge in [-0.2, -0.15) is 0 Å². The molecule has 1 aromatic heterocycles. The molecule has 0 radical (unpaired) electrons. The topological polar surface area (TPSA) is 62.7 Å². The predicted octanol–water partition coefficient (Wildman–Crippen LogP) is 2.30. The Hall–Kier alpha value is -1.28. The number of hydrogen-bond acceptors (Lipinski definition) is 6. The molecule has 2 aromatic rings. The molecule has 0 amide bonds. The highest BCUT2D eigenvalue weighted by molar-refractivity contribution is 9.10. The number of thiazole rings is 1. The molecular formula is C14H13BrN2O3S. The summed E-state index contributed by atoms with van der Waals surface area (Å²) in [5.41, 5.74) is 1.85. The summed E-state index contributed by atoms with van der Waals surface area (Å²) < 4.78 is 6.37. The van der Waals surface area contributed by atoms with E-state index in [2.05, 4.69) is 20.9 Å². The van der Waals surface area contributed by atoms with Crippen molar-refractivity contribution in [2.24, 2.45) is 0 Å². The molecule has 5 nitrogen and oxygen atoms in total. The molecule has 7 heteroatoms. The second-order valence-electron chi connectivity index (χ2n) is 4.63. The van der Waals surface area contributed by atoms with Crippen LogP contribution in [0.4, 0.5) is 5.13 Å². The summed E-state index contributed by atoms with van der Waals surface area (Å²) in [6, 6.07) is 7.63. The van der Waals surface area contributed by atoms with Crippen LogP contribution >= 0.6 is 27.3 Å². The van der Waals surface area contributed by atoms with Gasteiger partial charge in [-0.3, -0.25) is 4.79 Å². The van der Waals surface area contributed by atoms with E-state index in [9.17, 15) is 9.90 Å². The van der Waals surface area contributed by atoms with Crippen LogP contribution in [0, 0.1) is 0 Å². The maximum atomic E-state index is 11.1. The summed E-state index contributed by atoms with van der Waals surface area (Å²) in [6.45, 7) is 0.255. The lowest BCUT2D eigenvalue weighted by Crippen LogP contribution is -2.39. The number of benzene rings is 1. The van der Waals surface area contributed by atoms with Crippen LogP contribution < -0.4 is 4.90 Å². The highest BCUT2D eigenvalue weighted by Crippen LogP contribution is 2.32. The molecule has 1 aliphatic heterocycles. The predicted molar refractivity (Wildman–Crippen MR) is 84.4 cm³/mol. The Balaban J connectivity index is 1.90. The molecule has 3 rings (SSSR count). The van der Waals surface area contributed by atoms with Crippen LogP contribution in [0.1, 0.15) is 0 Å². The van der Waals surface area contributed by atoms with Crippen LogP contribution in [-0.4, -0.2) is 41.9 Å². The summed E-state index contributed by atoms with van der Waals surface area (Å²) in [5, 5.41) is 12.0. The molecule has 110 valence electrons. The zero-order valence-electron chi connectivity index (χ0n) is 11.0. The molecule has 1 N–H and O–H groups in total. The van der Waals surface area contributed by atoms with Crippen molar-refractivity contribution < 1.29 is 14.6 Å². The third-order valence-electron chi connectivity index (χ3n) is 3.31. The first-order valence-corrected chi connectivity index (χ1v) is 8.07. The lowest BCUT2D eigenvalue weighted by molar-refractivity contribution is -0.115. The molecular weight excluding hydrogens is 356 g/mol. The monoisotopic (exact) mass is 368 g/mol. The van der Waals surface area contributed by atoms with Crippen LogP contribution in [-0.2, 0) is 9.53 Å². The minimum atomic E-state index is -0.675. The Kier molecular flexibility index (Phi) is 4.34. The largest absolute Gasteiger partial charge is 0.394 e. The Labute approximate surface area is 134 Å². The molecule has 1 unspecified atom stereocenters. The van der Waals surface area contributed by atoms with E-state index >= 15 is 0 Å². The second kappa shape index (κ2) is 6.23. The van der Waals surface area contributed by atoms with E-state index in [1.807, 2.05) is 29.6 Å². The quantitative estimate of drug-likeness (QED) is 0.838. The van der Waals surface area contributed by atoms with Gasteiger partial charge < -0.3 is 14.7 Å². The molecule has 2 atom stereocenters. The van der Waals surface area contributed by atoms with Crippen molar-refractivity contribution in [1.82, 2.24) is 4.98 Å². The molecule has 0 bridgehead atoms. The lowest BCUT2D eigenvalue weighted by Gasteiger charge is -2.23. The fraction of sp³-hybridized carbons (Fsp3) is 0.286. The number of nitrogens with zero attached hydrogens (tertiary/aromatic N) is 2. The minimum Gasteiger partial charge on any atom is -0.394 e. The highest BCUT2D eigenvalue weighted by Gasteiger charge is 2.35. The van der Waals surface area contributed by atoms with Crippen LogP contribution in [0.2, 0.25) is 0 Å². The van der Waals surface area contributed by atoms with Gasteiger partial charge in [0.1, 0.15) is 0 Å². The van der Waals surface area contributed by atoms with Crippen LogP contribution in [0.15, 0.2) is 34.1 Å². The van der Waals surface area contributed by atoms with Crippen molar-refractivity contribution in [3.63, 3.8) is 0 Å². The van der Waals surface area contributed by atoms with E-state index in [1.165, 1.54) is 11.3 Å². The van der Waals surface area contributed by atoms with Crippen LogP contribution in [0.25, 0.3) is 11.3 Å². The van der Waals surface area contributed by atoms with Crippen molar-refractivity contribution in [1.29, 1.82) is 0 Å². The summed E-state index contributed by atoms with van der Waals surface area (Å²) in [7, 11) is 0. The Morgan fingerprint density at radius 1 is 1.48 bits per heavy atom. The molecule has 21 heavy (non-hydrogen) atoms. The van der Waals surface area contributed by atoms with Crippen molar-refractivity contribution in [3.8, 4) is 11.3 Å². The van der Waals surface area contributed by atoms with Gasteiger partial charge in [0.05, 0.1) is 24.9 Å². The van der Waals surface area contributed by atoms with Gasteiger partial charge in [-0.15, -0.1) is 11.3 Å². The number of halogens is 1. The molecule has 2 heterocycles. The van der Waals surface area contributed by atoms with E-state index in [-0.39, 0.29) is 12.6 Å². The minimum absolute atomic E-state index is 0.0719. The Morgan fingerprint density at radius 3 is 2.90 bits per heavy atom. The maximum Gasteiger partial charge on any atom is 0.188 e.